The Balaban J connectivity index is 2.05. The lowest BCUT2D eigenvalue weighted by atomic mass is 9.89. The average Bonchev–Trinajstić information content (AvgIpc) is 2.90. The molecule has 2 bridgehead atoms. The predicted molar refractivity (Wildman–Crippen MR) is 62.6 cm³/mol. The average molecular weight is 233 g/mol. The standard InChI is InChI=1S/C13H15NO3/c1-2-16-13(15)8-4-3-7-9-5-6-10(17-9)11(7)12(8)14/h3-4,9-10H,2,5-6,14H2,1H3. The number of esters is 1. The number of hydrogen-bond acceptors (Lipinski definition) is 4. The highest BCUT2D eigenvalue weighted by atomic mass is 16.5. The van der Waals surface area contributed by atoms with Crippen LogP contribution in [-0.2, 0) is 9.47 Å². The zero-order chi connectivity index (χ0) is 12.0. The molecule has 90 valence electrons. The molecule has 1 aromatic rings. The molecule has 17 heavy (non-hydrogen) atoms. The Kier molecular flexibility index (Phi) is 2.33. The van der Waals surface area contributed by atoms with Crippen LogP contribution in [0.15, 0.2) is 12.1 Å². The molecule has 2 unspecified atom stereocenters. The van der Waals surface area contributed by atoms with E-state index in [1.807, 2.05) is 6.07 Å². The minimum Gasteiger partial charge on any atom is -0.462 e. The second-order valence-corrected chi connectivity index (χ2v) is 4.44. The van der Waals surface area contributed by atoms with Gasteiger partial charge < -0.3 is 15.2 Å². The summed E-state index contributed by atoms with van der Waals surface area (Å²) in [5, 5.41) is 0. The van der Waals surface area contributed by atoms with E-state index >= 15 is 0 Å². The summed E-state index contributed by atoms with van der Waals surface area (Å²) in [7, 11) is 0. The Morgan fingerprint density at radius 3 is 3.00 bits per heavy atom. The van der Waals surface area contributed by atoms with Crippen LogP contribution in [0.2, 0.25) is 0 Å². The number of nitrogens with two attached hydrogens (primary N) is 1. The molecule has 2 aliphatic heterocycles. The second-order valence-electron chi connectivity index (χ2n) is 4.44. The van der Waals surface area contributed by atoms with Gasteiger partial charge in [0.05, 0.1) is 30.1 Å². The largest absolute Gasteiger partial charge is 0.462 e. The number of hydrogen-bond donors (Lipinski definition) is 1. The van der Waals surface area contributed by atoms with Crippen molar-refractivity contribution in [2.24, 2.45) is 0 Å². The van der Waals surface area contributed by atoms with Gasteiger partial charge in [-0.3, -0.25) is 0 Å². The van der Waals surface area contributed by atoms with Crippen molar-refractivity contribution in [3.8, 4) is 0 Å². The van der Waals surface area contributed by atoms with Gasteiger partial charge in [0.25, 0.3) is 0 Å². The molecule has 4 nitrogen and oxygen atoms in total. The van der Waals surface area contributed by atoms with Crippen molar-refractivity contribution in [1.82, 2.24) is 0 Å². The van der Waals surface area contributed by atoms with Crippen LogP contribution in [0.3, 0.4) is 0 Å². The highest BCUT2D eigenvalue weighted by Crippen LogP contribution is 2.52. The quantitative estimate of drug-likeness (QED) is 0.629. The number of rotatable bonds is 2. The molecule has 0 aromatic heterocycles. The maximum Gasteiger partial charge on any atom is 0.340 e. The molecule has 1 fully saturated rings. The lowest BCUT2D eigenvalue weighted by molar-refractivity contribution is 0.0527. The monoisotopic (exact) mass is 233 g/mol. The van der Waals surface area contributed by atoms with Crippen molar-refractivity contribution in [1.29, 1.82) is 0 Å². The van der Waals surface area contributed by atoms with E-state index in [1.165, 1.54) is 0 Å². The normalized spacial score (nSPS) is 24.8. The predicted octanol–water partition coefficient (Wildman–Crippen LogP) is 2.35. The summed E-state index contributed by atoms with van der Waals surface area (Å²) in [5.74, 6) is -0.351. The number of fused-ring (bicyclic) bond motifs is 5. The first-order valence-electron chi connectivity index (χ1n) is 5.97. The van der Waals surface area contributed by atoms with Gasteiger partial charge in [0, 0.05) is 5.56 Å². The van der Waals surface area contributed by atoms with Crippen LogP contribution < -0.4 is 5.73 Å². The Labute approximate surface area is 99.7 Å². The van der Waals surface area contributed by atoms with E-state index in [4.69, 9.17) is 15.2 Å². The van der Waals surface area contributed by atoms with Gasteiger partial charge in [-0.25, -0.2) is 4.79 Å². The van der Waals surface area contributed by atoms with Crippen molar-refractivity contribution >= 4 is 11.7 Å². The van der Waals surface area contributed by atoms with Gasteiger partial charge in [-0.05, 0) is 31.4 Å². The van der Waals surface area contributed by atoms with E-state index < -0.39 is 0 Å². The molecular weight excluding hydrogens is 218 g/mol. The SMILES string of the molecule is CCOC(=O)c1ccc2c(c1N)C1CCC2O1. The van der Waals surface area contributed by atoms with Crippen LogP contribution in [0.25, 0.3) is 0 Å². The van der Waals surface area contributed by atoms with Gasteiger partial charge in [-0.1, -0.05) is 6.07 Å². The molecule has 0 saturated carbocycles. The van der Waals surface area contributed by atoms with E-state index in [1.54, 1.807) is 13.0 Å². The van der Waals surface area contributed by atoms with Crippen molar-refractivity contribution in [2.75, 3.05) is 12.3 Å². The van der Waals surface area contributed by atoms with E-state index in [-0.39, 0.29) is 18.2 Å². The molecule has 0 amide bonds. The minimum absolute atomic E-state index is 0.0735. The van der Waals surface area contributed by atoms with Crippen LogP contribution >= 0.6 is 0 Å². The van der Waals surface area contributed by atoms with Crippen LogP contribution in [0.1, 0.15) is 53.5 Å². The third kappa shape index (κ3) is 1.44. The van der Waals surface area contributed by atoms with Crippen molar-refractivity contribution < 1.29 is 14.3 Å². The molecule has 2 N–H and O–H groups in total. The fourth-order valence-corrected chi connectivity index (χ4v) is 2.76. The summed E-state index contributed by atoms with van der Waals surface area (Å²) in [6.07, 6.45) is 2.29. The smallest absolute Gasteiger partial charge is 0.340 e. The maximum atomic E-state index is 11.7. The van der Waals surface area contributed by atoms with E-state index in [0.29, 0.717) is 17.9 Å². The number of nitrogen functional groups attached to an aromatic ring is 1. The molecule has 0 radical (unpaired) electrons. The van der Waals surface area contributed by atoms with Crippen LogP contribution in [0.5, 0.6) is 0 Å². The minimum atomic E-state index is -0.351. The molecule has 4 heteroatoms. The summed E-state index contributed by atoms with van der Waals surface area (Å²) in [5.41, 5.74) is 9.22. The number of benzene rings is 1. The molecule has 2 aliphatic rings. The first kappa shape index (κ1) is 10.6. The molecule has 0 aliphatic carbocycles. The third-order valence-corrected chi connectivity index (χ3v) is 3.50. The van der Waals surface area contributed by atoms with Gasteiger partial charge >= 0.3 is 5.97 Å². The molecule has 0 spiro atoms. The van der Waals surface area contributed by atoms with Gasteiger partial charge in [0.2, 0.25) is 0 Å². The van der Waals surface area contributed by atoms with E-state index in [0.717, 1.165) is 24.0 Å². The van der Waals surface area contributed by atoms with Crippen LogP contribution in [0.4, 0.5) is 5.69 Å². The molecule has 1 aromatic carbocycles. The Hall–Kier alpha value is -1.55. The highest BCUT2D eigenvalue weighted by Gasteiger charge is 2.40. The number of anilines is 1. The molecular formula is C13H15NO3. The molecule has 1 saturated heterocycles. The number of carbonyl (C=O) groups is 1. The van der Waals surface area contributed by atoms with Gasteiger partial charge in [-0.15, -0.1) is 0 Å². The molecule has 2 heterocycles. The summed E-state index contributed by atoms with van der Waals surface area (Å²) < 4.78 is 10.8. The van der Waals surface area contributed by atoms with E-state index in [9.17, 15) is 4.79 Å². The van der Waals surface area contributed by atoms with Crippen LogP contribution in [-0.4, -0.2) is 12.6 Å². The van der Waals surface area contributed by atoms with E-state index in [2.05, 4.69) is 0 Å². The first-order chi connectivity index (χ1) is 8.22. The number of carbonyl (C=O) groups excluding carboxylic acids is 1. The topological polar surface area (TPSA) is 61.5 Å². The second kappa shape index (κ2) is 3.74. The summed E-state index contributed by atoms with van der Waals surface area (Å²) in [6, 6.07) is 3.69. The Morgan fingerprint density at radius 2 is 2.24 bits per heavy atom. The zero-order valence-corrected chi connectivity index (χ0v) is 9.73. The lowest BCUT2D eigenvalue weighted by Crippen LogP contribution is -2.12. The zero-order valence-electron chi connectivity index (χ0n) is 9.73. The maximum absolute atomic E-state index is 11.7. The number of ether oxygens (including phenoxy) is 2. The van der Waals surface area contributed by atoms with Crippen molar-refractivity contribution in [2.45, 2.75) is 32.0 Å². The fraction of sp³-hybridized carbons (Fsp3) is 0.462. The summed E-state index contributed by atoms with van der Waals surface area (Å²) in [4.78, 5) is 11.7. The summed E-state index contributed by atoms with van der Waals surface area (Å²) >= 11 is 0. The van der Waals surface area contributed by atoms with Gasteiger partial charge in [-0.2, -0.15) is 0 Å². The fourth-order valence-electron chi connectivity index (χ4n) is 2.76. The van der Waals surface area contributed by atoms with Crippen molar-refractivity contribution in [3.05, 3.63) is 28.8 Å². The van der Waals surface area contributed by atoms with Crippen molar-refractivity contribution in [3.63, 3.8) is 0 Å². The summed E-state index contributed by atoms with van der Waals surface area (Å²) in [6.45, 7) is 2.14. The Morgan fingerprint density at radius 1 is 1.47 bits per heavy atom. The Bertz CT molecular complexity index is 484. The van der Waals surface area contributed by atoms with Gasteiger partial charge in [0.15, 0.2) is 0 Å². The van der Waals surface area contributed by atoms with Gasteiger partial charge in [0.1, 0.15) is 0 Å². The third-order valence-electron chi connectivity index (χ3n) is 3.50. The molecule has 3 rings (SSSR count). The highest BCUT2D eigenvalue weighted by molar-refractivity contribution is 5.96. The lowest BCUT2D eigenvalue weighted by Gasteiger charge is -2.16. The molecule has 2 atom stereocenters. The first-order valence-corrected chi connectivity index (χ1v) is 5.97. The van der Waals surface area contributed by atoms with Crippen LogP contribution in [0, 0.1) is 0 Å².